The zero-order valence-corrected chi connectivity index (χ0v) is 14.5. The molecule has 2 heterocycles. The molecule has 1 fully saturated rings. The summed E-state index contributed by atoms with van der Waals surface area (Å²) in [6, 6.07) is 3.79. The van der Waals surface area contributed by atoms with Crippen molar-refractivity contribution in [2.75, 3.05) is 5.32 Å². The van der Waals surface area contributed by atoms with Crippen LogP contribution < -0.4 is 22.3 Å². The number of hydrogen-bond donors (Lipinski definition) is 5. The largest absolute Gasteiger partial charge is 0.382 e. The number of amides is 1. The monoisotopic (exact) mass is 359 g/mol. The van der Waals surface area contributed by atoms with Crippen LogP contribution in [0.5, 0.6) is 0 Å². The standard InChI is InChI=1S/C17H21N5O2S/c18-10-1-3-11(4-2-10)22-12-5-6-21-17(24)14(12)15(19)9-7-13(16(20)23)25-8-9/h5-8,10-11,19H,1-4,18H2,(H2,20,23)(H2,21,22,24)/t10-,11+. The summed E-state index contributed by atoms with van der Waals surface area (Å²) >= 11 is 1.17. The van der Waals surface area contributed by atoms with E-state index in [2.05, 4.69) is 10.3 Å². The first-order valence-electron chi connectivity index (χ1n) is 8.17. The lowest BCUT2D eigenvalue weighted by atomic mass is 9.91. The number of rotatable bonds is 5. The van der Waals surface area contributed by atoms with Crippen LogP contribution in [0, 0.1) is 5.41 Å². The minimum atomic E-state index is -0.539. The van der Waals surface area contributed by atoms with Crippen LogP contribution >= 0.6 is 11.3 Å². The Hall–Kier alpha value is -2.45. The fraction of sp³-hybridized carbons (Fsp3) is 0.353. The fourth-order valence-electron chi connectivity index (χ4n) is 3.07. The number of nitrogens with two attached hydrogens (primary N) is 2. The van der Waals surface area contributed by atoms with Crippen LogP contribution in [0.4, 0.5) is 5.69 Å². The molecule has 0 aliphatic heterocycles. The molecule has 0 atom stereocenters. The maximum atomic E-state index is 12.3. The SMILES string of the molecule is N=C(c1csc(C(N)=O)c1)c1c(N[C@H]2CC[C@@H](N)CC2)cc[nH]c1=O. The molecule has 0 spiro atoms. The summed E-state index contributed by atoms with van der Waals surface area (Å²) in [6.45, 7) is 0. The second-order valence-electron chi connectivity index (χ2n) is 6.29. The molecule has 0 radical (unpaired) electrons. The molecule has 1 aliphatic rings. The van der Waals surface area contributed by atoms with Crippen molar-refractivity contribution in [2.24, 2.45) is 11.5 Å². The summed E-state index contributed by atoms with van der Waals surface area (Å²) in [5, 5.41) is 13.5. The average Bonchev–Trinajstić information content (AvgIpc) is 3.07. The predicted molar refractivity (Wildman–Crippen MR) is 99.7 cm³/mol. The van der Waals surface area contributed by atoms with Gasteiger partial charge in [0.15, 0.2) is 0 Å². The first-order valence-corrected chi connectivity index (χ1v) is 9.05. The maximum Gasteiger partial charge on any atom is 0.259 e. The molecule has 2 aromatic heterocycles. The highest BCUT2D eigenvalue weighted by atomic mass is 32.1. The van der Waals surface area contributed by atoms with Crippen molar-refractivity contribution in [2.45, 2.75) is 37.8 Å². The van der Waals surface area contributed by atoms with Gasteiger partial charge in [-0.1, -0.05) is 0 Å². The number of aromatic amines is 1. The number of aromatic nitrogens is 1. The molecule has 0 saturated heterocycles. The molecule has 8 heteroatoms. The molecule has 0 unspecified atom stereocenters. The highest BCUT2D eigenvalue weighted by Gasteiger charge is 2.22. The van der Waals surface area contributed by atoms with Gasteiger partial charge in [0.25, 0.3) is 11.5 Å². The second-order valence-corrected chi connectivity index (χ2v) is 7.20. The van der Waals surface area contributed by atoms with Gasteiger partial charge in [-0.2, -0.15) is 0 Å². The quantitative estimate of drug-likeness (QED) is 0.518. The van der Waals surface area contributed by atoms with Crippen LogP contribution in [0.3, 0.4) is 0 Å². The fourth-order valence-corrected chi connectivity index (χ4v) is 3.82. The van der Waals surface area contributed by atoms with E-state index < -0.39 is 5.91 Å². The van der Waals surface area contributed by atoms with Crippen molar-refractivity contribution >= 4 is 28.6 Å². The van der Waals surface area contributed by atoms with Gasteiger partial charge in [0, 0.05) is 29.2 Å². The lowest BCUT2D eigenvalue weighted by molar-refractivity contribution is 0.100. The van der Waals surface area contributed by atoms with E-state index in [1.165, 1.54) is 11.3 Å². The topological polar surface area (TPSA) is 138 Å². The van der Waals surface area contributed by atoms with Gasteiger partial charge in [-0.3, -0.25) is 15.0 Å². The molecule has 2 aromatic rings. The first kappa shape index (κ1) is 17.4. The van der Waals surface area contributed by atoms with Crippen molar-refractivity contribution in [3.05, 3.63) is 50.1 Å². The summed E-state index contributed by atoms with van der Waals surface area (Å²) in [4.78, 5) is 26.6. The van der Waals surface area contributed by atoms with Crippen LogP contribution in [0.2, 0.25) is 0 Å². The van der Waals surface area contributed by atoms with E-state index in [1.54, 1.807) is 23.7 Å². The number of thiophene rings is 1. The second kappa shape index (κ2) is 7.20. The number of nitrogens with one attached hydrogen (secondary N) is 3. The molecule has 1 saturated carbocycles. The average molecular weight is 359 g/mol. The van der Waals surface area contributed by atoms with Gasteiger partial charge in [-0.15, -0.1) is 11.3 Å². The van der Waals surface area contributed by atoms with Crippen LogP contribution in [-0.2, 0) is 0 Å². The van der Waals surface area contributed by atoms with E-state index in [1.807, 2.05) is 0 Å². The zero-order valence-electron chi connectivity index (χ0n) is 13.7. The Labute approximate surface area is 149 Å². The number of anilines is 1. The minimum Gasteiger partial charge on any atom is -0.382 e. The molecule has 1 amide bonds. The highest BCUT2D eigenvalue weighted by Crippen LogP contribution is 2.24. The number of H-pyrrole nitrogens is 1. The van der Waals surface area contributed by atoms with Crippen molar-refractivity contribution in [3.63, 3.8) is 0 Å². The van der Waals surface area contributed by atoms with E-state index in [0.717, 1.165) is 25.7 Å². The van der Waals surface area contributed by atoms with E-state index >= 15 is 0 Å². The first-order chi connectivity index (χ1) is 12.0. The van der Waals surface area contributed by atoms with Gasteiger partial charge in [0.2, 0.25) is 0 Å². The Kier molecular flexibility index (Phi) is 5.00. The Balaban J connectivity index is 1.88. The number of pyridine rings is 1. The van der Waals surface area contributed by atoms with Gasteiger partial charge in [-0.25, -0.2) is 0 Å². The molecular formula is C17H21N5O2S. The molecule has 7 nitrogen and oxygen atoms in total. The molecule has 25 heavy (non-hydrogen) atoms. The predicted octanol–water partition coefficient (Wildman–Crippen LogP) is 1.63. The lowest BCUT2D eigenvalue weighted by Gasteiger charge is -2.28. The molecule has 0 bridgehead atoms. The molecule has 3 rings (SSSR count). The number of carbonyl (C=O) groups is 1. The number of hydrogen-bond acceptors (Lipinski definition) is 6. The Bertz CT molecular complexity index is 849. The molecule has 1 aliphatic carbocycles. The molecule has 7 N–H and O–H groups in total. The third-order valence-corrected chi connectivity index (χ3v) is 5.42. The minimum absolute atomic E-state index is 0.0700. The molecular weight excluding hydrogens is 338 g/mol. The Morgan fingerprint density at radius 2 is 2.04 bits per heavy atom. The summed E-state index contributed by atoms with van der Waals surface area (Å²) in [7, 11) is 0. The summed E-state index contributed by atoms with van der Waals surface area (Å²) < 4.78 is 0. The van der Waals surface area contributed by atoms with E-state index in [-0.39, 0.29) is 28.9 Å². The zero-order chi connectivity index (χ0) is 18.0. The van der Waals surface area contributed by atoms with E-state index in [9.17, 15) is 9.59 Å². The third kappa shape index (κ3) is 3.80. The lowest BCUT2D eigenvalue weighted by Crippen LogP contribution is -2.34. The van der Waals surface area contributed by atoms with E-state index in [0.29, 0.717) is 16.1 Å². The van der Waals surface area contributed by atoms with Crippen LogP contribution in [-0.4, -0.2) is 28.7 Å². The summed E-state index contributed by atoms with van der Waals surface area (Å²) in [6.07, 6.45) is 5.33. The molecule has 0 aromatic carbocycles. The smallest absolute Gasteiger partial charge is 0.259 e. The normalized spacial score (nSPS) is 20.2. The summed E-state index contributed by atoms with van der Waals surface area (Å²) in [5.74, 6) is -0.539. The van der Waals surface area contributed by atoms with Gasteiger partial charge in [0.1, 0.15) is 0 Å². The van der Waals surface area contributed by atoms with Crippen LogP contribution in [0.15, 0.2) is 28.5 Å². The number of primary amides is 1. The van der Waals surface area contributed by atoms with Crippen molar-refractivity contribution in [1.29, 1.82) is 5.41 Å². The van der Waals surface area contributed by atoms with Crippen molar-refractivity contribution in [3.8, 4) is 0 Å². The number of carbonyl (C=O) groups excluding carboxylic acids is 1. The van der Waals surface area contributed by atoms with Crippen LogP contribution in [0.25, 0.3) is 0 Å². The maximum absolute atomic E-state index is 12.3. The third-order valence-electron chi connectivity index (χ3n) is 4.47. The van der Waals surface area contributed by atoms with Crippen LogP contribution in [0.1, 0.15) is 46.5 Å². The molecule has 132 valence electrons. The summed E-state index contributed by atoms with van der Waals surface area (Å²) in [5.41, 5.74) is 12.3. The Morgan fingerprint density at radius 3 is 2.68 bits per heavy atom. The van der Waals surface area contributed by atoms with Crippen molar-refractivity contribution in [1.82, 2.24) is 4.98 Å². The van der Waals surface area contributed by atoms with Gasteiger partial charge in [-0.05, 0) is 37.8 Å². The van der Waals surface area contributed by atoms with Gasteiger partial charge >= 0.3 is 0 Å². The van der Waals surface area contributed by atoms with Gasteiger partial charge in [0.05, 0.1) is 21.8 Å². The Morgan fingerprint density at radius 1 is 1.32 bits per heavy atom. The highest BCUT2D eigenvalue weighted by molar-refractivity contribution is 7.12. The van der Waals surface area contributed by atoms with Crippen molar-refractivity contribution < 1.29 is 4.79 Å². The van der Waals surface area contributed by atoms with Gasteiger partial charge < -0.3 is 21.8 Å². The van der Waals surface area contributed by atoms with E-state index in [4.69, 9.17) is 16.9 Å².